The summed E-state index contributed by atoms with van der Waals surface area (Å²) in [6, 6.07) is 7.40. The first-order valence-corrected chi connectivity index (χ1v) is 4.81. The lowest BCUT2D eigenvalue weighted by Crippen LogP contribution is -2.13. The van der Waals surface area contributed by atoms with Crippen molar-refractivity contribution in [1.82, 2.24) is 0 Å². The summed E-state index contributed by atoms with van der Waals surface area (Å²) in [6.07, 6.45) is 0. The number of hydrogen-bond donors (Lipinski definition) is 1. The molecule has 1 rings (SSSR count). The van der Waals surface area contributed by atoms with E-state index in [2.05, 4.69) is 16.6 Å². The van der Waals surface area contributed by atoms with Gasteiger partial charge in [0, 0.05) is 17.8 Å². The predicted molar refractivity (Wildman–Crippen MR) is 62.6 cm³/mol. The van der Waals surface area contributed by atoms with Crippen molar-refractivity contribution in [2.75, 3.05) is 26.1 Å². The average Bonchev–Trinajstić information content (AvgIpc) is 2.35. The molecule has 16 heavy (non-hydrogen) atoms. The van der Waals surface area contributed by atoms with Crippen LogP contribution in [0.4, 0.5) is 5.69 Å². The topological polar surface area (TPSA) is 47.6 Å². The summed E-state index contributed by atoms with van der Waals surface area (Å²) in [7, 11) is 2.95. The van der Waals surface area contributed by atoms with Crippen molar-refractivity contribution in [1.29, 1.82) is 0 Å². The Kier molecular flexibility index (Phi) is 4.39. The number of carbonyl (C=O) groups is 1. The molecular formula is C12H15NO3. The zero-order chi connectivity index (χ0) is 12.0. The first-order valence-electron chi connectivity index (χ1n) is 4.81. The van der Waals surface area contributed by atoms with Crippen LogP contribution in [-0.2, 0) is 9.53 Å². The van der Waals surface area contributed by atoms with Gasteiger partial charge in [-0.15, -0.1) is 0 Å². The molecule has 4 heteroatoms. The van der Waals surface area contributed by atoms with Gasteiger partial charge in [0.15, 0.2) is 0 Å². The van der Waals surface area contributed by atoms with Crippen LogP contribution in [0.1, 0.15) is 0 Å². The number of benzene rings is 1. The van der Waals surface area contributed by atoms with Gasteiger partial charge in [0.1, 0.15) is 5.75 Å². The van der Waals surface area contributed by atoms with Gasteiger partial charge >= 0.3 is 5.97 Å². The summed E-state index contributed by atoms with van der Waals surface area (Å²) in [5, 5.41) is 3.06. The molecule has 0 atom stereocenters. The van der Waals surface area contributed by atoms with E-state index < -0.39 is 5.97 Å². The Bertz CT molecular complexity index is 370. The quantitative estimate of drug-likeness (QED) is 0.608. The molecule has 0 fully saturated rings. The van der Waals surface area contributed by atoms with Crippen LogP contribution in [0.25, 0.3) is 0 Å². The Balaban J connectivity index is 2.48. The lowest BCUT2D eigenvalue weighted by molar-refractivity contribution is -0.136. The molecule has 0 unspecified atom stereocenters. The van der Waals surface area contributed by atoms with Gasteiger partial charge in [-0.05, 0) is 24.3 Å². The molecule has 0 saturated heterocycles. The molecule has 0 radical (unpaired) electrons. The fraction of sp³-hybridized carbons (Fsp3) is 0.250. The van der Waals surface area contributed by atoms with Crippen molar-refractivity contribution in [3.05, 3.63) is 36.4 Å². The Morgan fingerprint density at radius 3 is 2.44 bits per heavy atom. The van der Waals surface area contributed by atoms with Crippen molar-refractivity contribution in [2.24, 2.45) is 0 Å². The average molecular weight is 221 g/mol. The molecule has 86 valence electrons. The first-order chi connectivity index (χ1) is 7.67. The van der Waals surface area contributed by atoms with E-state index >= 15 is 0 Å². The minimum absolute atomic E-state index is 0.360. The third-order valence-corrected chi connectivity index (χ3v) is 2.07. The molecule has 1 N–H and O–H groups in total. The number of hydrogen-bond acceptors (Lipinski definition) is 4. The Morgan fingerprint density at radius 2 is 1.94 bits per heavy atom. The van der Waals surface area contributed by atoms with E-state index in [0.717, 1.165) is 11.4 Å². The van der Waals surface area contributed by atoms with Crippen LogP contribution >= 0.6 is 0 Å². The van der Waals surface area contributed by atoms with Crippen LogP contribution in [0.3, 0.4) is 0 Å². The van der Waals surface area contributed by atoms with Crippen LogP contribution in [0.15, 0.2) is 36.4 Å². The van der Waals surface area contributed by atoms with Gasteiger partial charge < -0.3 is 14.8 Å². The summed E-state index contributed by atoms with van der Waals surface area (Å²) in [4.78, 5) is 11.1. The molecule has 0 aliphatic heterocycles. The number of rotatable bonds is 5. The number of ether oxygens (including phenoxy) is 2. The molecule has 0 saturated carbocycles. The lowest BCUT2D eigenvalue weighted by Gasteiger charge is -2.08. The highest BCUT2D eigenvalue weighted by molar-refractivity contribution is 5.88. The van der Waals surface area contributed by atoms with E-state index in [0.29, 0.717) is 12.1 Å². The van der Waals surface area contributed by atoms with Crippen LogP contribution in [0.2, 0.25) is 0 Å². The molecule has 1 aromatic carbocycles. The van der Waals surface area contributed by atoms with Crippen LogP contribution in [0, 0.1) is 0 Å². The maximum Gasteiger partial charge on any atom is 0.334 e. The summed E-state index contributed by atoms with van der Waals surface area (Å²) in [5.41, 5.74) is 1.28. The molecule has 0 amide bonds. The maximum atomic E-state index is 11.1. The van der Waals surface area contributed by atoms with Gasteiger partial charge in [-0.1, -0.05) is 6.58 Å². The number of methoxy groups -OCH3 is 2. The van der Waals surface area contributed by atoms with Gasteiger partial charge in [-0.25, -0.2) is 4.79 Å². The highest BCUT2D eigenvalue weighted by Gasteiger charge is 2.05. The standard InChI is InChI=1S/C12H15NO3/c1-9(12(14)16-3)8-13-10-4-6-11(15-2)7-5-10/h4-7,13H,1,8H2,2-3H3. The molecule has 0 heterocycles. The normalized spacial score (nSPS) is 9.38. The zero-order valence-corrected chi connectivity index (χ0v) is 9.45. The van der Waals surface area contributed by atoms with E-state index in [-0.39, 0.29) is 0 Å². The van der Waals surface area contributed by atoms with Crippen molar-refractivity contribution in [3.63, 3.8) is 0 Å². The second-order valence-corrected chi connectivity index (χ2v) is 3.18. The van der Waals surface area contributed by atoms with Crippen LogP contribution < -0.4 is 10.1 Å². The SMILES string of the molecule is C=C(CNc1ccc(OC)cc1)C(=O)OC. The monoisotopic (exact) mass is 221 g/mol. The van der Waals surface area contributed by atoms with Crippen molar-refractivity contribution >= 4 is 11.7 Å². The highest BCUT2D eigenvalue weighted by Crippen LogP contribution is 2.15. The Morgan fingerprint density at radius 1 is 1.31 bits per heavy atom. The van der Waals surface area contributed by atoms with Gasteiger partial charge in [0.25, 0.3) is 0 Å². The minimum Gasteiger partial charge on any atom is -0.497 e. The molecule has 0 aliphatic rings. The van der Waals surface area contributed by atoms with Gasteiger partial charge in [0.05, 0.1) is 14.2 Å². The summed E-state index contributed by atoms with van der Waals surface area (Å²) >= 11 is 0. The second kappa shape index (κ2) is 5.80. The molecular weight excluding hydrogens is 206 g/mol. The fourth-order valence-electron chi connectivity index (χ4n) is 1.13. The third kappa shape index (κ3) is 3.31. The van der Waals surface area contributed by atoms with E-state index in [1.165, 1.54) is 7.11 Å². The number of nitrogens with one attached hydrogen (secondary N) is 1. The number of esters is 1. The van der Waals surface area contributed by atoms with Crippen molar-refractivity contribution in [2.45, 2.75) is 0 Å². The zero-order valence-electron chi connectivity index (χ0n) is 9.45. The third-order valence-electron chi connectivity index (χ3n) is 2.07. The van der Waals surface area contributed by atoms with Gasteiger partial charge in [0.2, 0.25) is 0 Å². The predicted octanol–water partition coefficient (Wildman–Crippen LogP) is 1.84. The largest absolute Gasteiger partial charge is 0.497 e. The van der Waals surface area contributed by atoms with Crippen molar-refractivity contribution in [3.8, 4) is 5.75 Å². The molecule has 0 aromatic heterocycles. The molecule has 0 aliphatic carbocycles. The maximum absolute atomic E-state index is 11.1. The van der Waals surface area contributed by atoms with Crippen LogP contribution in [0.5, 0.6) is 5.75 Å². The van der Waals surface area contributed by atoms with Crippen LogP contribution in [-0.4, -0.2) is 26.7 Å². The Labute approximate surface area is 94.9 Å². The molecule has 4 nitrogen and oxygen atoms in total. The fourth-order valence-corrected chi connectivity index (χ4v) is 1.13. The number of carbonyl (C=O) groups excluding carboxylic acids is 1. The highest BCUT2D eigenvalue weighted by atomic mass is 16.5. The lowest BCUT2D eigenvalue weighted by atomic mass is 10.2. The van der Waals surface area contributed by atoms with E-state index in [1.807, 2.05) is 24.3 Å². The van der Waals surface area contributed by atoms with E-state index in [1.54, 1.807) is 7.11 Å². The van der Waals surface area contributed by atoms with Crippen molar-refractivity contribution < 1.29 is 14.3 Å². The molecule has 0 spiro atoms. The summed E-state index contributed by atoms with van der Waals surface area (Å²) < 4.78 is 9.57. The summed E-state index contributed by atoms with van der Waals surface area (Å²) in [6.45, 7) is 3.97. The van der Waals surface area contributed by atoms with E-state index in [9.17, 15) is 4.79 Å². The Hall–Kier alpha value is -1.97. The van der Waals surface area contributed by atoms with Gasteiger partial charge in [-0.2, -0.15) is 0 Å². The molecule has 0 bridgehead atoms. The minimum atomic E-state index is -0.402. The summed E-state index contributed by atoms with van der Waals surface area (Å²) in [5.74, 6) is 0.387. The number of anilines is 1. The smallest absolute Gasteiger partial charge is 0.334 e. The molecule has 1 aromatic rings. The first kappa shape index (κ1) is 12.1. The van der Waals surface area contributed by atoms with Gasteiger partial charge in [-0.3, -0.25) is 0 Å². The van der Waals surface area contributed by atoms with E-state index in [4.69, 9.17) is 4.74 Å². The second-order valence-electron chi connectivity index (χ2n) is 3.18.